The van der Waals surface area contributed by atoms with Crippen molar-refractivity contribution < 1.29 is 19.0 Å². The van der Waals surface area contributed by atoms with Crippen molar-refractivity contribution in [2.75, 3.05) is 26.9 Å². The second kappa shape index (κ2) is 9.14. The Morgan fingerprint density at radius 2 is 1.64 bits per heavy atom. The van der Waals surface area contributed by atoms with Crippen LogP contribution in [0.4, 0.5) is 4.79 Å². The van der Waals surface area contributed by atoms with Gasteiger partial charge in [0.15, 0.2) is 0 Å². The van der Waals surface area contributed by atoms with E-state index in [9.17, 15) is 4.79 Å². The molecule has 5 heteroatoms. The first kappa shape index (κ1) is 22.9. The van der Waals surface area contributed by atoms with Crippen LogP contribution in [0.2, 0.25) is 0 Å². The molecule has 1 aliphatic carbocycles. The second-order valence-electron chi connectivity index (χ2n) is 10.0. The Balaban J connectivity index is 1.23. The number of morpholine rings is 1. The molecule has 1 amide bonds. The van der Waals surface area contributed by atoms with Crippen LogP contribution in [0.3, 0.4) is 0 Å². The van der Waals surface area contributed by atoms with E-state index in [1.807, 2.05) is 4.90 Å². The molecule has 0 radical (unpaired) electrons. The van der Waals surface area contributed by atoms with Crippen molar-refractivity contribution in [1.29, 1.82) is 0 Å². The fourth-order valence-electron chi connectivity index (χ4n) is 6.10. The Morgan fingerprint density at radius 1 is 0.944 bits per heavy atom. The quantitative estimate of drug-likeness (QED) is 0.451. The summed E-state index contributed by atoms with van der Waals surface area (Å²) in [5.41, 5.74) is 9.68. The smallest absolute Gasteiger partial charge is 0.410 e. The third-order valence-corrected chi connectivity index (χ3v) is 7.83. The normalized spacial score (nSPS) is 20.4. The molecule has 184 valence electrons. The highest BCUT2D eigenvalue weighted by atomic mass is 16.6. The highest BCUT2D eigenvalue weighted by Gasteiger charge is 2.40. The standard InChI is InChI=1S/C31H31NO4/c1-19-13-30(34-3)20(2)12-28(19)21-14-22-16-35-17-23(15-21)32(22)31(33)36-18-29-26-10-6-4-8-24(26)25-9-5-7-11-27(25)29/h4-14,22-23,29H,15-18H2,1-3H3. The molecule has 3 aromatic carbocycles. The molecule has 3 aromatic rings. The van der Waals surface area contributed by atoms with Gasteiger partial charge in [0, 0.05) is 5.92 Å². The number of nitrogens with zero attached hydrogens (tertiary/aromatic N) is 1. The summed E-state index contributed by atoms with van der Waals surface area (Å²) in [5.74, 6) is 0.953. The van der Waals surface area contributed by atoms with Crippen molar-refractivity contribution in [2.45, 2.75) is 38.3 Å². The summed E-state index contributed by atoms with van der Waals surface area (Å²) in [6.45, 7) is 5.52. The van der Waals surface area contributed by atoms with Crippen molar-refractivity contribution in [2.24, 2.45) is 0 Å². The van der Waals surface area contributed by atoms with Crippen LogP contribution >= 0.6 is 0 Å². The van der Waals surface area contributed by atoms with Crippen molar-refractivity contribution in [1.82, 2.24) is 4.90 Å². The van der Waals surface area contributed by atoms with Gasteiger partial charge in [0.1, 0.15) is 12.4 Å². The van der Waals surface area contributed by atoms with E-state index >= 15 is 0 Å². The van der Waals surface area contributed by atoms with Crippen molar-refractivity contribution in [3.63, 3.8) is 0 Å². The van der Waals surface area contributed by atoms with Crippen LogP contribution in [0.1, 0.15) is 40.2 Å². The van der Waals surface area contributed by atoms with Crippen molar-refractivity contribution in [3.8, 4) is 16.9 Å². The van der Waals surface area contributed by atoms with Gasteiger partial charge in [-0.05, 0) is 76.9 Å². The summed E-state index contributed by atoms with van der Waals surface area (Å²) in [5, 5.41) is 0. The maximum absolute atomic E-state index is 13.4. The van der Waals surface area contributed by atoms with Gasteiger partial charge in [-0.3, -0.25) is 4.90 Å². The fourth-order valence-corrected chi connectivity index (χ4v) is 6.10. The lowest BCUT2D eigenvalue weighted by Crippen LogP contribution is -2.56. The zero-order chi connectivity index (χ0) is 24.8. The van der Waals surface area contributed by atoms with Gasteiger partial charge < -0.3 is 14.2 Å². The van der Waals surface area contributed by atoms with E-state index in [0.29, 0.717) is 19.8 Å². The molecule has 1 saturated heterocycles. The molecular formula is C31H31NO4. The molecular weight excluding hydrogens is 450 g/mol. The molecule has 2 aliphatic heterocycles. The maximum atomic E-state index is 13.4. The number of aryl methyl sites for hydroxylation is 2. The molecule has 2 heterocycles. The largest absolute Gasteiger partial charge is 0.496 e. The third kappa shape index (κ3) is 3.79. The SMILES string of the molecule is COc1cc(C)c(C2=CC3COCC(C2)N3C(=O)OCC2c3ccccc3-c3ccccc32)cc1C. The minimum absolute atomic E-state index is 0.0405. The van der Waals surface area contributed by atoms with E-state index in [0.717, 1.165) is 17.7 Å². The average Bonchev–Trinajstić information content (AvgIpc) is 3.21. The highest BCUT2D eigenvalue weighted by Crippen LogP contribution is 2.45. The first-order chi connectivity index (χ1) is 17.5. The number of amides is 1. The van der Waals surface area contributed by atoms with E-state index in [2.05, 4.69) is 80.6 Å². The lowest BCUT2D eigenvalue weighted by atomic mass is 9.87. The number of carbonyl (C=O) groups is 1. The first-order valence-corrected chi connectivity index (χ1v) is 12.6. The molecule has 2 bridgehead atoms. The number of methoxy groups -OCH3 is 1. The van der Waals surface area contributed by atoms with Gasteiger partial charge in [-0.1, -0.05) is 54.6 Å². The van der Waals surface area contributed by atoms with Crippen LogP contribution in [-0.2, 0) is 9.47 Å². The van der Waals surface area contributed by atoms with Crippen LogP contribution in [0.5, 0.6) is 5.75 Å². The Kier molecular flexibility index (Phi) is 5.81. The van der Waals surface area contributed by atoms with E-state index in [-0.39, 0.29) is 24.1 Å². The summed E-state index contributed by atoms with van der Waals surface area (Å²) in [7, 11) is 1.70. The minimum Gasteiger partial charge on any atom is -0.496 e. The number of fused-ring (bicyclic) bond motifs is 5. The number of benzene rings is 3. The highest BCUT2D eigenvalue weighted by molar-refractivity contribution is 5.80. The molecule has 0 spiro atoms. The van der Waals surface area contributed by atoms with Crippen LogP contribution in [-0.4, -0.2) is 50.0 Å². The van der Waals surface area contributed by atoms with Gasteiger partial charge >= 0.3 is 6.09 Å². The van der Waals surface area contributed by atoms with E-state index in [4.69, 9.17) is 14.2 Å². The number of hydrogen-bond donors (Lipinski definition) is 0. The van der Waals surface area contributed by atoms with Gasteiger partial charge in [-0.25, -0.2) is 4.79 Å². The average molecular weight is 482 g/mol. The predicted octanol–water partition coefficient (Wildman–Crippen LogP) is 6.12. The van der Waals surface area contributed by atoms with Crippen molar-refractivity contribution in [3.05, 3.63) is 94.6 Å². The molecule has 0 aromatic heterocycles. The predicted molar refractivity (Wildman–Crippen MR) is 140 cm³/mol. The van der Waals surface area contributed by atoms with Gasteiger partial charge in [0.05, 0.1) is 32.4 Å². The summed E-state index contributed by atoms with van der Waals surface area (Å²) in [4.78, 5) is 15.3. The molecule has 2 unspecified atom stereocenters. The summed E-state index contributed by atoms with van der Waals surface area (Å²) >= 11 is 0. The van der Waals surface area contributed by atoms with Gasteiger partial charge in [0.2, 0.25) is 0 Å². The van der Waals surface area contributed by atoms with Crippen LogP contribution in [0.25, 0.3) is 16.7 Å². The summed E-state index contributed by atoms with van der Waals surface area (Å²) < 4.78 is 17.4. The lowest BCUT2D eigenvalue weighted by Gasteiger charge is -2.44. The van der Waals surface area contributed by atoms with Crippen molar-refractivity contribution >= 4 is 11.7 Å². The minimum atomic E-state index is -0.256. The second-order valence-corrected chi connectivity index (χ2v) is 10.0. The van der Waals surface area contributed by atoms with E-state index in [1.165, 1.54) is 39.0 Å². The third-order valence-electron chi connectivity index (χ3n) is 7.83. The Bertz CT molecular complexity index is 1310. The maximum Gasteiger partial charge on any atom is 0.410 e. The molecule has 5 nitrogen and oxygen atoms in total. The lowest BCUT2D eigenvalue weighted by molar-refractivity contribution is -0.0331. The van der Waals surface area contributed by atoms with Gasteiger partial charge in [-0.15, -0.1) is 0 Å². The summed E-state index contributed by atoms with van der Waals surface area (Å²) in [6, 6.07) is 20.9. The Labute approximate surface area is 212 Å². The zero-order valence-corrected chi connectivity index (χ0v) is 21.0. The van der Waals surface area contributed by atoms with Crippen LogP contribution in [0, 0.1) is 13.8 Å². The topological polar surface area (TPSA) is 48.0 Å². The molecule has 6 rings (SSSR count). The molecule has 36 heavy (non-hydrogen) atoms. The molecule has 0 saturated carbocycles. The zero-order valence-electron chi connectivity index (χ0n) is 21.0. The molecule has 2 atom stereocenters. The number of carbonyl (C=O) groups excluding carboxylic acids is 1. The van der Waals surface area contributed by atoms with Gasteiger partial charge in [-0.2, -0.15) is 0 Å². The molecule has 0 N–H and O–H groups in total. The fraction of sp³-hybridized carbons (Fsp3) is 0.323. The van der Waals surface area contributed by atoms with Crippen LogP contribution < -0.4 is 4.74 Å². The first-order valence-electron chi connectivity index (χ1n) is 12.6. The number of hydrogen-bond acceptors (Lipinski definition) is 4. The molecule has 1 fully saturated rings. The van der Waals surface area contributed by atoms with Gasteiger partial charge in [0.25, 0.3) is 0 Å². The van der Waals surface area contributed by atoms with E-state index < -0.39 is 0 Å². The number of ether oxygens (including phenoxy) is 3. The Morgan fingerprint density at radius 3 is 2.31 bits per heavy atom. The van der Waals surface area contributed by atoms with Crippen LogP contribution in [0.15, 0.2) is 66.7 Å². The Hall–Kier alpha value is -3.57. The number of rotatable bonds is 4. The monoisotopic (exact) mass is 481 g/mol. The van der Waals surface area contributed by atoms with E-state index in [1.54, 1.807) is 7.11 Å². The summed E-state index contributed by atoms with van der Waals surface area (Å²) in [6.07, 6.45) is 2.67. The molecule has 3 aliphatic rings.